The van der Waals surface area contributed by atoms with Crippen LogP contribution in [0.2, 0.25) is 0 Å². The summed E-state index contributed by atoms with van der Waals surface area (Å²) in [4.78, 5) is 14.5. The standard InChI is InChI=1S/C12H9F3N2O2/c1-7-10(11(18)19)16-6-17(7)9-5-3-2-4-8(9)12(13,14)15/h2-6H,1H3,(H,18,19). The Morgan fingerprint density at radius 2 is 1.95 bits per heavy atom. The molecule has 1 heterocycles. The number of imidazole rings is 1. The van der Waals surface area contributed by atoms with Crippen LogP contribution >= 0.6 is 0 Å². The highest BCUT2D eigenvalue weighted by Crippen LogP contribution is 2.34. The van der Waals surface area contributed by atoms with Gasteiger partial charge in [-0.2, -0.15) is 13.2 Å². The zero-order valence-electron chi connectivity index (χ0n) is 9.77. The molecule has 0 aliphatic rings. The van der Waals surface area contributed by atoms with Gasteiger partial charge in [-0.05, 0) is 19.1 Å². The van der Waals surface area contributed by atoms with E-state index in [2.05, 4.69) is 4.98 Å². The zero-order chi connectivity index (χ0) is 14.2. The number of carboxylic acids is 1. The van der Waals surface area contributed by atoms with Gasteiger partial charge in [0.25, 0.3) is 0 Å². The number of alkyl halides is 3. The molecule has 0 spiro atoms. The summed E-state index contributed by atoms with van der Waals surface area (Å²) >= 11 is 0. The second kappa shape index (κ2) is 4.42. The number of rotatable bonds is 2. The van der Waals surface area contributed by atoms with E-state index < -0.39 is 17.7 Å². The van der Waals surface area contributed by atoms with E-state index in [4.69, 9.17) is 5.11 Å². The molecule has 1 aromatic heterocycles. The molecule has 0 aliphatic carbocycles. The van der Waals surface area contributed by atoms with E-state index in [1.165, 1.54) is 25.1 Å². The molecule has 2 rings (SSSR count). The van der Waals surface area contributed by atoms with Crippen molar-refractivity contribution in [3.05, 3.63) is 47.5 Å². The highest BCUT2D eigenvalue weighted by Gasteiger charge is 2.34. The van der Waals surface area contributed by atoms with E-state index in [-0.39, 0.29) is 17.1 Å². The van der Waals surface area contributed by atoms with Crippen molar-refractivity contribution in [1.29, 1.82) is 0 Å². The summed E-state index contributed by atoms with van der Waals surface area (Å²) in [6.07, 6.45) is -3.44. The number of aromatic carboxylic acids is 1. The third-order valence-electron chi connectivity index (χ3n) is 2.68. The summed E-state index contributed by atoms with van der Waals surface area (Å²) in [5, 5.41) is 8.86. The fourth-order valence-electron chi connectivity index (χ4n) is 1.79. The minimum atomic E-state index is -4.52. The summed E-state index contributed by atoms with van der Waals surface area (Å²) < 4.78 is 39.8. The number of para-hydroxylation sites is 1. The van der Waals surface area contributed by atoms with Crippen LogP contribution in [-0.4, -0.2) is 20.6 Å². The van der Waals surface area contributed by atoms with Gasteiger partial charge < -0.3 is 9.67 Å². The molecule has 0 aliphatic heterocycles. The predicted octanol–water partition coefficient (Wildman–Crippen LogP) is 2.90. The molecular weight excluding hydrogens is 261 g/mol. The van der Waals surface area contributed by atoms with Gasteiger partial charge in [0.2, 0.25) is 0 Å². The molecule has 0 unspecified atom stereocenters. The third kappa shape index (κ3) is 2.31. The molecule has 0 radical (unpaired) electrons. The molecule has 19 heavy (non-hydrogen) atoms. The van der Waals surface area contributed by atoms with Crippen LogP contribution in [0.4, 0.5) is 13.2 Å². The molecule has 0 bridgehead atoms. The number of halogens is 3. The van der Waals surface area contributed by atoms with Crippen LogP contribution in [0.5, 0.6) is 0 Å². The molecule has 4 nitrogen and oxygen atoms in total. The van der Waals surface area contributed by atoms with Crippen molar-refractivity contribution in [3.63, 3.8) is 0 Å². The van der Waals surface area contributed by atoms with Gasteiger partial charge in [-0.25, -0.2) is 9.78 Å². The summed E-state index contributed by atoms with van der Waals surface area (Å²) in [7, 11) is 0. The second-order valence-corrected chi connectivity index (χ2v) is 3.87. The van der Waals surface area contributed by atoms with E-state index in [0.717, 1.165) is 17.0 Å². The van der Waals surface area contributed by atoms with E-state index in [9.17, 15) is 18.0 Å². The van der Waals surface area contributed by atoms with E-state index >= 15 is 0 Å². The lowest BCUT2D eigenvalue weighted by molar-refractivity contribution is -0.137. The molecule has 1 N–H and O–H groups in total. The normalized spacial score (nSPS) is 11.6. The van der Waals surface area contributed by atoms with E-state index in [1.807, 2.05) is 0 Å². The van der Waals surface area contributed by atoms with Crippen LogP contribution in [0.3, 0.4) is 0 Å². The first-order chi connectivity index (χ1) is 8.82. The van der Waals surface area contributed by atoms with Gasteiger partial charge in [0, 0.05) is 0 Å². The molecule has 100 valence electrons. The molecule has 0 saturated heterocycles. The molecule has 2 aromatic rings. The quantitative estimate of drug-likeness (QED) is 0.912. The first-order valence-electron chi connectivity index (χ1n) is 5.26. The van der Waals surface area contributed by atoms with Gasteiger partial charge in [0.1, 0.15) is 6.33 Å². The number of carbonyl (C=O) groups is 1. The summed E-state index contributed by atoms with van der Waals surface area (Å²) in [6, 6.07) is 4.93. The summed E-state index contributed by atoms with van der Waals surface area (Å²) in [5.41, 5.74) is -1.11. The van der Waals surface area contributed by atoms with Crippen LogP contribution in [0, 0.1) is 6.92 Å². The average Bonchev–Trinajstić information content (AvgIpc) is 2.70. The number of aromatic nitrogens is 2. The van der Waals surface area contributed by atoms with Crippen LogP contribution in [0.15, 0.2) is 30.6 Å². The van der Waals surface area contributed by atoms with E-state index in [0.29, 0.717) is 0 Å². The lowest BCUT2D eigenvalue weighted by Crippen LogP contribution is -2.11. The Morgan fingerprint density at radius 1 is 1.32 bits per heavy atom. The molecule has 0 atom stereocenters. The molecule has 0 fully saturated rings. The monoisotopic (exact) mass is 270 g/mol. The first-order valence-corrected chi connectivity index (χ1v) is 5.26. The third-order valence-corrected chi connectivity index (χ3v) is 2.68. The van der Waals surface area contributed by atoms with Crippen molar-refractivity contribution in [2.75, 3.05) is 0 Å². The Hall–Kier alpha value is -2.31. The van der Waals surface area contributed by atoms with Gasteiger partial charge in [0.05, 0.1) is 16.9 Å². The topological polar surface area (TPSA) is 55.1 Å². The van der Waals surface area contributed by atoms with E-state index in [1.54, 1.807) is 0 Å². The molecule has 0 amide bonds. The minimum absolute atomic E-state index is 0.143. The SMILES string of the molecule is Cc1c(C(=O)O)ncn1-c1ccccc1C(F)(F)F. The zero-order valence-corrected chi connectivity index (χ0v) is 9.77. The number of carboxylic acid groups (broad SMARTS) is 1. The minimum Gasteiger partial charge on any atom is -0.476 e. The van der Waals surface area contributed by atoms with Gasteiger partial charge >= 0.3 is 12.1 Å². The Kier molecular flexibility index (Phi) is 3.05. The maximum absolute atomic E-state index is 12.9. The molecule has 0 saturated carbocycles. The second-order valence-electron chi connectivity index (χ2n) is 3.87. The maximum atomic E-state index is 12.9. The number of benzene rings is 1. The highest BCUT2D eigenvalue weighted by atomic mass is 19.4. The number of nitrogens with zero attached hydrogens (tertiary/aromatic N) is 2. The van der Waals surface area contributed by atoms with Crippen molar-refractivity contribution >= 4 is 5.97 Å². The Balaban J connectivity index is 2.64. The average molecular weight is 270 g/mol. The van der Waals surface area contributed by atoms with Crippen molar-refractivity contribution in [2.24, 2.45) is 0 Å². The van der Waals surface area contributed by atoms with Gasteiger partial charge in [-0.15, -0.1) is 0 Å². The molecule has 1 aromatic carbocycles. The van der Waals surface area contributed by atoms with Crippen LogP contribution in [-0.2, 0) is 6.18 Å². The molecular formula is C12H9F3N2O2. The van der Waals surface area contributed by atoms with Crippen LogP contribution in [0.1, 0.15) is 21.7 Å². The Bertz CT molecular complexity index is 632. The van der Waals surface area contributed by atoms with Crippen molar-refractivity contribution in [2.45, 2.75) is 13.1 Å². The smallest absolute Gasteiger partial charge is 0.418 e. The number of hydrogen-bond acceptors (Lipinski definition) is 2. The van der Waals surface area contributed by atoms with Crippen LogP contribution in [0.25, 0.3) is 5.69 Å². The Labute approximate surface area is 106 Å². The van der Waals surface area contributed by atoms with Crippen molar-refractivity contribution in [3.8, 4) is 5.69 Å². The van der Waals surface area contributed by atoms with Crippen molar-refractivity contribution < 1.29 is 23.1 Å². The summed E-state index contributed by atoms with van der Waals surface area (Å²) in [5.74, 6) is -1.28. The maximum Gasteiger partial charge on any atom is 0.418 e. The largest absolute Gasteiger partial charge is 0.476 e. The predicted molar refractivity (Wildman–Crippen MR) is 60.3 cm³/mol. The first kappa shape index (κ1) is 13.1. The van der Waals surface area contributed by atoms with Crippen molar-refractivity contribution in [1.82, 2.24) is 9.55 Å². The number of hydrogen-bond donors (Lipinski definition) is 1. The fourth-order valence-corrected chi connectivity index (χ4v) is 1.79. The molecule has 7 heteroatoms. The fraction of sp³-hybridized carbons (Fsp3) is 0.167. The summed E-state index contributed by atoms with van der Waals surface area (Å²) in [6.45, 7) is 1.41. The van der Waals surface area contributed by atoms with Gasteiger partial charge in [0.15, 0.2) is 5.69 Å². The highest BCUT2D eigenvalue weighted by molar-refractivity contribution is 5.86. The van der Waals surface area contributed by atoms with Gasteiger partial charge in [-0.3, -0.25) is 0 Å². The van der Waals surface area contributed by atoms with Gasteiger partial charge in [-0.1, -0.05) is 12.1 Å². The Morgan fingerprint density at radius 3 is 2.47 bits per heavy atom. The van der Waals surface area contributed by atoms with Crippen LogP contribution < -0.4 is 0 Å². The lowest BCUT2D eigenvalue weighted by Gasteiger charge is -2.14. The lowest BCUT2D eigenvalue weighted by atomic mass is 10.1.